The normalized spacial score (nSPS) is 11.4. The maximum atomic E-state index is 11.3. The second-order valence-corrected chi connectivity index (χ2v) is 4.70. The summed E-state index contributed by atoms with van der Waals surface area (Å²) in [5.41, 5.74) is -0.618. The molecule has 0 radical (unpaired) electrons. The van der Waals surface area contributed by atoms with Gasteiger partial charge >= 0.3 is 5.97 Å². The van der Waals surface area contributed by atoms with Crippen molar-refractivity contribution in [1.29, 1.82) is 0 Å². The van der Waals surface area contributed by atoms with Crippen LogP contribution in [0.25, 0.3) is 0 Å². The molecule has 0 saturated heterocycles. The number of rotatable bonds is 6. The molecular formula is C11H22N2O3. The van der Waals surface area contributed by atoms with Crippen molar-refractivity contribution in [3.8, 4) is 0 Å². The van der Waals surface area contributed by atoms with Crippen molar-refractivity contribution in [3.63, 3.8) is 0 Å². The van der Waals surface area contributed by atoms with Crippen LogP contribution >= 0.6 is 0 Å². The molecule has 0 aliphatic carbocycles. The van der Waals surface area contributed by atoms with Crippen molar-refractivity contribution in [2.75, 3.05) is 20.2 Å². The third kappa shape index (κ3) is 5.70. The molecule has 0 heterocycles. The molecule has 5 heteroatoms. The highest BCUT2D eigenvalue weighted by Crippen LogP contribution is 2.14. The number of ether oxygens (including phenoxy) is 1. The van der Waals surface area contributed by atoms with E-state index in [2.05, 4.69) is 15.4 Å². The lowest BCUT2D eigenvalue weighted by atomic mass is 9.94. The van der Waals surface area contributed by atoms with Gasteiger partial charge in [0, 0.05) is 12.6 Å². The van der Waals surface area contributed by atoms with E-state index in [1.54, 1.807) is 13.8 Å². The first-order valence-electron chi connectivity index (χ1n) is 5.38. The van der Waals surface area contributed by atoms with Crippen molar-refractivity contribution in [2.24, 2.45) is 5.41 Å². The highest BCUT2D eigenvalue weighted by molar-refractivity contribution is 5.79. The van der Waals surface area contributed by atoms with E-state index >= 15 is 0 Å². The summed E-state index contributed by atoms with van der Waals surface area (Å²) in [6, 6.07) is 0.128. The van der Waals surface area contributed by atoms with Crippen LogP contribution in [0.5, 0.6) is 0 Å². The van der Waals surface area contributed by atoms with Crippen molar-refractivity contribution in [1.82, 2.24) is 10.6 Å². The van der Waals surface area contributed by atoms with Gasteiger partial charge in [-0.3, -0.25) is 9.59 Å². The molecule has 94 valence electrons. The van der Waals surface area contributed by atoms with Gasteiger partial charge in [0.05, 0.1) is 19.1 Å². The molecule has 5 nitrogen and oxygen atoms in total. The smallest absolute Gasteiger partial charge is 0.312 e. The molecule has 0 atom stereocenters. The predicted octanol–water partition coefficient (Wildman–Crippen LogP) is 0.300. The summed E-state index contributed by atoms with van der Waals surface area (Å²) >= 11 is 0. The first-order chi connectivity index (χ1) is 7.29. The van der Waals surface area contributed by atoms with Gasteiger partial charge in [0.25, 0.3) is 0 Å². The van der Waals surface area contributed by atoms with Gasteiger partial charge in [-0.1, -0.05) is 0 Å². The van der Waals surface area contributed by atoms with Gasteiger partial charge < -0.3 is 15.4 Å². The predicted molar refractivity (Wildman–Crippen MR) is 61.9 cm³/mol. The Kier molecular flexibility index (Phi) is 6.03. The maximum Gasteiger partial charge on any atom is 0.312 e. The molecule has 1 amide bonds. The molecule has 0 saturated carbocycles. The quantitative estimate of drug-likeness (QED) is 0.644. The Bertz CT molecular complexity index is 250. The van der Waals surface area contributed by atoms with Crippen molar-refractivity contribution >= 4 is 11.9 Å². The van der Waals surface area contributed by atoms with Crippen molar-refractivity contribution in [3.05, 3.63) is 0 Å². The number of hydrogen-bond donors (Lipinski definition) is 2. The van der Waals surface area contributed by atoms with Crippen LogP contribution in [0, 0.1) is 5.41 Å². The highest BCUT2D eigenvalue weighted by atomic mass is 16.5. The topological polar surface area (TPSA) is 67.4 Å². The van der Waals surface area contributed by atoms with Crippen LogP contribution in [0.2, 0.25) is 0 Å². The fourth-order valence-corrected chi connectivity index (χ4v) is 1.21. The molecule has 0 spiro atoms. The first kappa shape index (κ1) is 14.9. The Hall–Kier alpha value is -1.10. The van der Waals surface area contributed by atoms with Gasteiger partial charge in [-0.05, 0) is 27.7 Å². The van der Waals surface area contributed by atoms with E-state index in [-0.39, 0.29) is 24.5 Å². The number of amides is 1. The maximum absolute atomic E-state index is 11.3. The third-order valence-electron chi connectivity index (χ3n) is 2.04. The molecule has 0 fully saturated rings. The van der Waals surface area contributed by atoms with E-state index < -0.39 is 5.41 Å². The largest absolute Gasteiger partial charge is 0.469 e. The molecule has 16 heavy (non-hydrogen) atoms. The van der Waals surface area contributed by atoms with E-state index in [0.29, 0.717) is 6.54 Å². The van der Waals surface area contributed by atoms with Gasteiger partial charge in [0.1, 0.15) is 0 Å². The lowest BCUT2D eigenvalue weighted by Gasteiger charge is -2.21. The third-order valence-corrected chi connectivity index (χ3v) is 2.04. The summed E-state index contributed by atoms with van der Waals surface area (Å²) in [7, 11) is 1.36. The molecule has 0 aliphatic heterocycles. The number of esters is 1. The monoisotopic (exact) mass is 230 g/mol. The Morgan fingerprint density at radius 2 is 1.88 bits per heavy atom. The lowest BCUT2D eigenvalue weighted by Crippen LogP contribution is -2.43. The van der Waals surface area contributed by atoms with E-state index in [0.717, 1.165) is 0 Å². The lowest BCUT2D eigenvalue weighted by molar-refractivity contribution is -0.150. The minimum absolute atomic E-state index is 0.0735. The summed E-state index contributed by atoms with van der Waals surface area (Å²) in [6.45, 7) is 7.95. The Morgan fingerprint density at radius 1 is 1.31 bits per heavy atom. The number of hydrogen-bond acceptors (Lipinski definition) is 4. The molecule has 0 aromatic heterocycles. The van der Waals surface area contributed by atoms with E-state index in [1.165, 1.54) is 7.11 Å². The SMILES string of the molecule is COC(=O)C(C)(C)CNCC(=O)NC(C)C. The summed E-state index contributed by atoms with van der Waals surface area (Å²) in [4.78, 5) is 22.6. The Morgan fingerprint density at radius 3 is 2.31 bits per heavy atom. The van der Waals surface area contributed by atoms with Crippen LogP contribution in [-0.4, -0.2) is 38.1 Å². The number of carbonyl (C=O) groups excluding carboxylic acids is 2. The van der Waals surface area contributed by atoms with Crippen LogP contribution < -0.4 is 10.6 Å². The fourth-order valence-electron chi connectivity index (χ4n) is 1.21. The minimum Gasteiger partial charge on any atom is -0.469 e. The second-order valence-electron chi connectivity index (χ2n) is 4.70. The average molecular weight is 230 g/mol. The van der Waals surface area contributed by atoms with Gasteiger partial charge in [-0.2, -0.15) is 0 Å². The molecule has 0 bridgehead atoms. The van der Waals surface area contributed by atoms with Crippen LogP contribution in [0.1, 0.15) is 27.7 Å². The molecule has 0 unspecified atom stereocenters. The Balaban J connectivity index is 3.89. The summed E-state index contributed by atoms with van der Waals surface area (Å²) < 4.78 is 4.66. The van der Waals surface area contributed by atoms with Crippen LogP contribution in [0.15, 0.2) is 0 Å². The first-order valence-corrected chi connectivity index (χ1v) is 5.38. The minimum atomic E-state index is -0.618. The molecule has 2 N–H and O–H groups in total. The van der Waals surface area contributed by atoms with Crippen LogP contribution in [0.4, 0.5) is 0 Å². The number of carbonyl (C=O) groups is 2. The van der Waals surface area contributed by atoms with Crippen molar-refractivity contribution in [2.45, 2.75) is 33.7 Å². The molecule has 0 aliphatic rings. The number of nitrogens with one attached hydrogen (secondary N) is 2. The van der Waals surface area contributed by atoms with Gasteiger partial charge in [-0.15, -0.1) is 0 Å². The van der Waals surface area contributed by atoms with Crippen LogP contribution in [-0.2, 0) is 14.3 Å². The highest BCUT2D eigenvalue weighted by Gasteiger charge is 2.28. The molecule has 0 rings (SSSR count). The molecule has 0 aromatic carbocycles. The van der Waals surface area contributed by atoms with E-state index in [1.807, 2.05) is 13.8 Å². The van der Waals surface area contributed by atoms with Gasteiger partial charge in [0.2, 0.25) is 5.91 Å². The Labute approximate surface area is 96.9 Å². The summed E-state index contributed by atoms with van der Waals surface area (Å²) in [5.74, 6) is -0.361. The van der Waals surface area contributed by atoms with E-state index in [4.69, 9.17) is 0 Å². The average Bonchev–Trinajstić information content (AvgIpc) is 2.14. The second kappa shape index (κ2) is 6.48. The molecular weight excluding hydrogens is 208 g/mol. The summed E-state index contributed by atoms with van der Waals surface area (Å²) in [6.07, 6.45) is 0. The number of methoxy groups -OCH3 is 1. The zero-order valence-corrected chi connectivity index (χ0v) is 10.7. The zero-order chi connectivity index (χ0) is 12.8. The fraction of sp³-hybridized carbons (Fsp3) is 0.818. The van der Waals surface area contributed by atoms with Gasteiger partial charge in [-0.25, -0.2) is 0 Å². The van der Waals surface area contributed by atoms with E-state index in [9.17, 15) is 9.59 Å². The standard InChI is InChI=1S/C11H22N2O3/c1-8(2)13-9(14)6-12-7-11(3,4)10(15)16-5/h8,12H,6-7H2,1-5H3,(H,13,14). The van der Waals surface area contributed by atoms with Crippen LogP contribution in [0.3, 0.4) is 0 Å². The van der Waals surface area contributed by atoms with Gasteiger partial charge in [0.15, 0.2) is 0 Å². The summed E-state index contributed by atoms with van der Waals surface area (Å²) in [5, 5.41) is 5.69. The zero-order valence-electron chi connectivity index (χ0n) is 10.7. The molecule has 0 aromatic rings. The van der Waals surface area contributed by atoms with Crippen molar-refractivity contribution < 1.29 is 14.3 Å².